The van der Waals surface area contributed by atoms with Crippen molar-refractivity contribution >= 4 is 149 Å². The summed E-state index contributed by atoms with van der Waals surface area (Å²) in [5.41, 5.74) is 15.0. The van der Waals surface area contributed by atoms with Gasteiger partial charge in [-0.1, -0.05) is 34.8 Å². The lowest BCUT2D eigenvalue weighted by Crippen LogP contribution is -2.51. The van der Waals surface area contributed by atoms with Crippen molar-refractivity contribution in [3.05, 3.63) is 148 Å². The van der Waals surface area contributed by atoms with Gasteiger partial charge in [0.05, 0.1) is 22.1 Å². The summed E-state index contributed by atoms with van der Waals surface area (Å²) in [5.74, 6) is 5.26. The number of aromatic nitrogens is 12. The van der Waals surface area contributed by atoms with Crippen LogP contribution in [0.2, 0.25) is 15.5 Å². The highest BCUT2D eigenvalue weighted by atomic mass is 35.5. The van der Waals surface area contributed by atoms with Gasteiger partial charge in [0.15, 0.2) is 11.6 Å². The van der Waals surface area contributed by atoms with Gasteiger partial charge in [0.25, 0.3) is 0 Å². The second kappa shape index (κ2) is 40.6. The molecule has 18 heterocycles. The molecule has 8 bridgehead atoms. The average molecular weight is 1810 g/mol. The van der Waals surface area contributed by atoms with Crippen LogP contribution in [0.25, 0.3) is 43.6 Å². The van der Waals surface area contributed by atoms with Crippen LogP contribution in [0.4, 0.5) is 59.9 Å². The van der Waals surface area contributed by atoms with E-state index in [1.165, 1.54) is 18.9 Å². The first-order valence-electron chi connectivity index (χ1n) is 44.1. The third kappa shape index (κ3) is 26.0. The Morgan fingerprint density at radius 3 is 1.15 bits per heavy atom. The topological polar surface area (TPSA) is 435 Å². The van der Waals surface area contributed by atoms with Gasteiger partial charge in [0, 0.05) is 172 Å². The molecule has 36 heteroatoms. The maximum atomic E-state index is 12.8. The van der Waals surface area contributed by atoms with Crippen LogP contribution in [0.5, 0.6) is 0 Å². The van der Waals surface area contributed by atoms with E-state index in [9.17, 15) is 19.2 Å². The fraction of sp³-hybridized carbons (Fsp3) is 0.511. The van der Waals surface area contributed by atoms with Crippen LogP contribution >= 0.6 is 34.8 Å². The second-order valence-corrected chi connectivity index (χ2v) is 39.3. The van der Waals surface area contributed by atoms with E-state index in [2.05, 4.69) is 93.6 Å². The number of allylic oxidation sites excluding steroid dienone is 1. The Balaban J connectivity index is 0.000000136. The molecule has 8 aliphatic heterocycles. The fourth-order valence-electron chi connectivity index (χ4n) is 18.0. The van der Waals surface area contributed by atoms with Crippen LogP contribution < -0.4 is 48.7 Å². The van der Waals surface area contributed by atoms with Crippen LogP contribution in [0.1, 0.15) is 204 Å². The number of carbonyl (C=O) groups excluding carboxylic acids is 4. The zero-order valence-corrected chi connectivity index (χ0v) is 77.8. The first-order valence-corrected chi connectivity index (χ1v) is 45.2. The number of ether oxygens (including phenoxy) is 4. The van der Waals surface area contributed by atoms with Crippen molar-refractivity contribution in [2.45, 2.75) is 301 Å². The number of amidine groups is 1. The molecule has 14 N–H and O–H groups in total. The van der Waals surface area contributed by atoms with Gasteiger partial charge < -0.3 is 77.0 Å². The van der Waals surface area contributed by atoms with Gasteiger partial charge >= 0.3 is 24.4 Å². The molecule has 4 amide bonds. The number of aryl methyl sites for hydroxylation is 2. The fourth-order valence-corrected chi connectivity index (χ4v) is 18.7. The largest absolute Gasteiger partial charge is 0.444 e. The number of hydrogen-bond donors (Lipinski definition) is 12. The molecule has 10 aromatic heterocycles. The quantitative estimate of drug-likeness (QED) is 0.0234. The molecule has 8 fully saturated rings. The van der Waals surface area contributed by atoms with Crippen molar-refractivity contribution in [3.8, 4) is 0 Å². The molecule has 8 aliphatic rings. The normalized spacial score (nSPS) is 22.6. The first-order chi connectivity index (χ1) is 60.6. The molecule has 0 aromatic carbocycles. The van der Waals surface area contributed by atoms with E-state index < -0.39 is 28.5 Å². The van der Waals surface area contributed by atoms with Crippen LogP contribution in [0.3, 0.4) is 0 Å². The Labute approximate surface area is 761 Å². The number of piperidine rings is 4. The van der Waals surface area contributed by atoms with Gasteiger partial charge in [-0.05, 0) is 261 Å². The highest BCUT2D eigenvalue weighted by molar-refractivity contribution is 6.36. The maximum Gasteiger partial charge on any atom is 0.411 e. The molecule has 0 saturated carbocycles. The van der Waals surface area contributed by atoms with Crippen LogP contribution in [-0.2, 0) is 18.9 Å². The second-order valence-electron chi connectivity index (χ2n) is 38.2. The summed E-state index contributed by atoms with van der Waals surface area (Å²) in [5, 5.41) is 49.9. The van der Waals surface area contributed by atoms with E-state index in [1.807, 2.05) is 164 Å². The summed E-state index contributed by atoms with van der Waals surface area (Å²) in [6.07, 6.45) is 23.8. The number of H-pyrrole nitrogens is 2. The minimum Gasteiger partial charge on any atom is -0.444 e. The molecule has 0 aliphatic carbocycles. The molecule has 4 unspecified atom stereocenters. The van der Waals surface area contributed by atoms with Crippen molar-refractivity contribution in [3.63, 3.8) is 0 Å². The minimum absolute atomic E-state index is 0.112. The molecule has 12 atom stereocenters. The van der Waals surface area contributed by atoms with E-state index in [0.29, 0.717) is 63.0 Å². The zero-order valence-electron chi connectivity index (χ0n) is 75.6. The number of anilines is 7. The van der Waals surface area contributed by atoms with Crippen molar-refractivity contribution < 1.29 is 38.1 Å². The predicted molar refractivity (Wildman–Crippen MR) is 503 cm³/mol. The third-order valence-electron chi connectivity index (χ3n) is 22.8. The van der Waals surface area contributed by atoms with E-state index in [4.69, 9.17) is 80.6 Å². The number of halogens is 3. The van der Waals surface area contributed by atoms with E-state index >= 15 is 0 Å². The Hall–Kier alpha value is -11.3. The lowest BCUT2D eigenvalue weighted by atomic mass is 9.97. The van der Waals surface area contributed by atoms with Crippen molar-refractivity contribution in [2.75, 3.05) is 26.6 Å². The number of carbonyl (C=O) groups is 4. The zero-order chi connectivity index (χ0) is 91.7. The summed E-state index contributed by atoms with van der Waals surface area (Å²) in [6, 6.07) is 30.7. The Bertz CT molecular complexity index is 5560. The van der Waals surface area contributed by atoms with E-state index in [1.54, 1.807) is 58.4 Å². The molecule has 684 valence electrons. The summed E-state index contributed by atoms with van der Waals surface area (Å²) in [7, 11) is 0. The molecular formula is C92H122Cl3N25O8. The number of rotatable bonds is 12. The molecular weight excluding hydrogens is 1690 g/mol. The van der Waals surface area contributed by atoms with Crippen molar-refractivity contribution in [1.82, 2.24) is 85.6 Å². The number of pyridine rings is 8. The molecule has 18 rings (SSSR count). The Morgan fingerprint density at radius 2 is 0.789 bits per heavy atom. The molecule has 33 nitrogen and oxygen atoms in total. The number of nitrogens with one attached hydrogen (secondary N) is 10. The molecule has 0 radical (unpaired) electrons. The van der Waals surface area contributed by atoms with Crippen LogP contribution in [0, 0.1) is 19.3 Å². The van der Waals surface area contributed by atoms with Crippen LogP contribution in [-0.4, -0.2) is 200 Å². The van der Waals surface area contributed by atoms with Gasteiger partial charge in [-0.2, -0.15) is 10.2 Å². The van der Waals surface area contributed by atoms with Crippen LogP contribution in [0.15, 0.2) is 121 Å². The number of nitrogens with zero attached hydrogens (tertiary/aromatic N) is 13. The van der Waals surface area contributed by atoms with Crippen molar-refractivity contribution in [2.24, 2.45) is 11.5 Å². The SMILES string of the molecule is C/C(=C/C(=N)N)NC(=O)OC(C)(C)C.CC(C)(C)OC(=O)N1[C@@H]2CC[C@H]1CC(N)C2.CC(C)(C)OC(=O)N1[C@@H]2CC[C@H]1CC(Nc1nc(Cl)cc3ncccc13)C2.Cc1cc(Nc2cc3ncccc3c(NC3C[C@H]4CC[C@@H](C3)N4)n2)n[nH]1.Cc1cc(Nc2cc3ncccc3c(NC3C[C@H]4CC[C@@H](C3)N4C(=O)OC(C)(C)C)n2)n[nH]1.Clc1cc2ncccc2c(Cl)n1. The Morgan fingerprint density at radius 1 is 0.453 bits per heavy atom. The van der Waals surface area contributed by atoms with Gasteiger partial charge in [0.1, 0.15) is 72.8 Å². The van der Waals surface area contributed by atoms with Crippen molar-refractivity contribution in [1.29, 1.82) is 5.41 Å². The number of hydrogen-bond acceptors (Lipinski definition) is 26. The number of alkyl carbamates (subject to hydrolysis) is 1. The number of nitrogens with two attached hydrogens (primary N) is 2. The average Bonchev–Trinajstić information content (AvgIpc) is 1.57. The molecule has 128 heavy (non-hydrogen) atoms. The smallest absolute Gasteiger partial charge is 0.411 e. The summed E-state index contributed by atoms with van der Waals surface area (Å²) in [4.78, 5) is 90.0. The predicted octanol–water partition coefficient (Wildman–Crippen LogP) is 18.6. The summed E-state index contributed by atoms with van der Waals surface area (Å²) >= 11 is 17.7. The highest BCUT2D eigenvalue weighted by Crippen LogP contribution is 2.43. The first kappa shape index (κ1) is 94.4. The maximum absolute atomic E-state index is 12.8. The van der Waals surface area contributed by atoms with Gasteiger partial charge in [0.2, 0.25) is 0 Å². The summed E-state index contributed by atoms with van der Waals surface area (Å²) < 4.78 is 21.7. The lowest BCUT2D eigenvalue weighted by molar-refractivity contribution is 0.00522. The molecule has 10 aromatic rings. The lowest BCUT2D eigenvalue weighted by Gasteiger charge is -2.39. The Kier molecular flexibility index (Phi) is 29.9. The van der Waals surface area contributed by atoms with E-state index in [-0.39, 0.29) is 66.4 Å². The highest BCUT2D eigenvalue weighted by Gasteiger charge is 2.48. The monoisotopic (exact) mass is 1810 g/mol. The number of fused-ring (bicyclic) bond motifs is 12. The third-order valence-corrected chi connectivity index (χ3v) is 23.5. The molecule has 0 spiro atoms. The number of aromatic amines is 2. The minimum atomic E-state index is -0.549. The van der Waals surface area contributed by atoms with E-state index in [0.717, 1.165) is 174 Å². The summed E-state index contributed by atoms with van der Waals surface area (Å²) in [6.45, 7) is 28.1. The standard InChI is InChI=1S/C24H31N7O2.C20H25ClN4O2.C19H23N7.C12H22N2O2.C9H17N3O2.C8H4Cl2N2/c1-14-10-21(30-29-14)27-20-13-19-18(6-5-9-25-19)22(28-20)26-15-11-16-7-8-17(12-15)31(16)23(32)33-24(2,3)4;1-20(2,3)27-19(26)25-13-6-7-14(25)10-12(9-13)23-18-15-5-4-8-22-16(15)11-17(21)24-18;1-11-7-18(26-25-11)23-17-10-16-15(3-2-6-20-16)19(24-17)22-14-8-12-4-5-13(9-14)21-12;1-12(2,3)16-11(15)14-9-4-5-10(14)7-8(13)6-9;1-6(5-7(10)11)12-8(13)14-9(2,3)4;9-7-4-6-5(8(10)12-7)2-1-3-11-6/h5-6,9-10,13,15-17H,7-8,11-12H2,1-4H3,(H3,26,27,28,29,30);4-5,8,11-14H,6-7,9-10H2,1-3H3,(H,23,24);2-3,6-7,10,12-14,21H,4-5,8-9H2,1H3,(H3,22,23,24,25,26);8-10H,4-7,13H2,1-3H3;5H,1-4H3,(H3,10,11)(H,12,13);1-4H/b;;;;6-5-;/t15?,16-,17+;12?,13-,14+;12-,13+,14?;8?,9-,10+;;. The molecule has 8 saturated heterocycles. The van der Waals surface area contributed by atoms with Gasteiger partial charge in [-0.15, -0.1) is 0 Å². The van der Waals surface area contributed by atoms with Gasteiger partial charge in [-0.25, -0.2) is 39.1 Å². The number of amides is 4. The van der Waals surface area contributed by atoms with Gasteiger partial charge in [-0.3, -0.25) is 40.9 Å².